The number of rotatable bonds is 4. The van der Waals surface area contributed by atoms with Crippen molar-refractivity contribution in [2.75, 3.05) is 4.90 Å². The highest BCUT2D eigenvalue weighted by molar-refractivity contribution is 6.12. The first-order valence-electron chi connectivity index (χ1n) is 15.6. The number of nitrogens with zero attached hydrogens (tertiary/aromatic N) is 1. The van der Waals surface area contributed by atoms with E-state index in [-0.39, 0.29) is 5.41 Å². The molecule has 0 aliphatic heterocycles. The molecule has 45 heavy (non-hydrogen) atoms. The predicted molar refractivity (Wildman–Crippen MR) is 189 cm³/mol. The SMILES string of the molecule is CC1(C)c2ccccc2-c2cc(N(c3ccccc3)c3ccc(-c4cccc5cc6c(cc45)oc4ccccc46)cc3)ccc21. The molecule has 0 atom stereocenters. The van der Waals surface area contributed by atoms with E-state index in [1.807, 2.05) is 12.1 Å². The first-order valence-corrected chi connectivity index (χ1v) is 15.6. The summed E-state index contributed by atoms with van der Waals surface area (Å²) in [6.45, 7) is 4.66. The van der Waals surface area contributed by atoms with Crippen molar-refractivity contribution in [3.8, 4) is 22.3 Å². The molecule has 0 unspecified atom stereocenters. The number of fused-ring (bicyclic) bond motifs is 7. The van der Waals surface area contributed by atoms with Crippen LogP contribution in [-0.4, -0.2) is 0 Å². The van der Waals surface area contributed by atoms with Crippen LogP contribution in [-0.2, 0) is 5.41 Å². The number of hydrogen-bond acceptors (Lipinski definition) is 2. The minimum absolute atomic E-state index is 0.0178. The number of benzene rings is 7. The molecular formula is C43H31NO. The Morgan fingerprint density at radius 3 is 2.00 bits per heavy atom. The molecule has 7 aromatic carbocycles. The van der Waals surface area contributed by atoms with E-state index in [2.05, 4.69) is 158 Å². The predicted octanol–water partition coefficient (Wildman–Crippen LogP) is 12.2. The highest BCUT2D eigenvalue weighted by Gasteiger charge is 2.35. The summed E-state index contributed by atoms with van der Waals surface area (Å²) in [5.74, 6) is 0. The van der Waals surface area contributed by atoms with Gasteiger partial charge in [-0.25, -0.2) is 0 Å². The zero-order chi connectivity index (χ0) is 30.1. The van der Waals surface area contributed by atoms with Gasteiger partial charge in [-0.3, -0.25) is 0 Å². The van der Waals surface area contributed by atoms with E-state index in [4.69, 9.17) is 4.42 Å². The lowest BCUT2D eigenvalue weighted by atomic mass is 9.82. The van der Waals surface area contributed by atoms with Crippen molar-refractivity contribution in [3.63, 3.8) is 0 Å². The second-order valence-electron chi connectivity index (χ2n) is 12.6. The van der Waals surface area contributed by atoms with Gasteiger partial charge in [0.2, 0.25) is 0 Å². The fourth-order valence-corrected chi connectivity index (χ4v) is 7.41. The van der Waals surface area contributed by atoms with Crippen LogP contribution < -0.4 is 4.90 Å². The fourth-order valence-electron chi connectivity index (χ4n) is 7.41. The summed E-state index contributed by atoms with van der Waals surface area (Å²) in [6.07, 6.45) is 0. The number of furan rings is 1. The average Bonchev–Trinajstić information content (AvgIpc) is 3.56. The average molecular weight is 578 g/mol. The number of hydrogen-bond donors (Lipinski definition) is 0. The van der Waals surface area contributed by atoms with Gasteiger partial charge in [0.05, 0.1) is 0 Å². The molecular weight excluding hydrogens is 546 g/mol. The summed E-state index contributed by atoms with van der Waals surface area (Å²) in [4.78, 5) is 2.36. The minimum Gasteiger partial charge on any atom is -0.456 e. The van der Waals surface area contributed by atoms with Crippen molar-refractivity contribution in [1.29, 1.82) is 0 Å². The Kier molecular flexibility index (Phi) is 5.58. The van der Waals surface area contributed by atoms with Gasteiger partial charge in [-0.15, -0.1) is 0 Å². The van der Waals surface area contributed by atoms with Crippen LogP contribution in [0.1, 0.15) is 25.0 Å². The molecule has 0 bridgehead atoms. The van der Waals surface area contributed by atoms with Gasteiger partial charge < -0.3 is 9.32 Å². The summed E-state index contributed by atoms with van der Waals surface area (Å²) in [5.41, 5.74) is 13.0. The third kappa shape index (κ3) is 3.96. The summed E-state index contributed by atoms with van der Waals surface area (Å²) >= 11 is 0. The van der Waals surface area contributed by atoms with E-state index in [9.17, 15) is 0 Å². The Hall–Kier alpha value is -5.60. The molecule has 1 heterocycles. The van der Waals surface area contributed by atoms with Gasteiger partial charge in [0.25, 0.3) is 0 Å². The second kappa shape index (κ2) is 9.70. The van der Waals surface area contributed by atoms with E-state index in [0.29, 0.717) is 0 Å². The normalized spacial score (nSPS) is 13.3. The van der Waals surface area contributed by atoms with Crippen LogP contribution in [0.3, 0.4) is 0 Å². The lowest BCUT2D eigenvalue weighted by Crippen LogP contribution is -2.15. The Labute approximate surface area is 262 Å². The van der Waals surface area contributed by atoms with Crippen LogP contribution in [0.25, 0.3) is 55.0 Å². The van der Waals surface area contributed by atoms with Gasteiger partial charge in [-0.2, -0.15) is 0 Å². The molecule has 0 saturated heterocycles. The molecule has 0 radical (unpaired) electrons. The molecule has 8 aromatic rings. The van der Waals surface area contributed by atoms with Gasteiger partial charge in [0.15, 0.2) is 0 Å². The lowest BCUT2D eigenvalue weighted by molar-refractivity contribution is 0.660. The molecule has 214 valence electrons. The Balaban J connectivity index is 1.16. The van der Waals surface area contributed by atoms with Crippen molar-refractivity contribution < 1.29 is 4.42 Å². The van der Waals surface area contributed by atoms with Crippen molar-refractivity contribution in [1.82, 2.24) is 0 Å². The summed E-state index contributed by atoms with van der Waals surface area (Å²) in [7, 11) is 0. The molecule has 0 amide bonds. The van der Waals surface area contributed by atoms with Crippen molar-refractivity contribution in [2.24, 2.45) is 0 Å². The van der Waals surface area contributed by atoms with Gasteiger partial charge in [0.1, 0.15) is 11.2 Å². The van der Waals surface area contributed by atoms with Crippen LogP contribution in [0.4, 0.5) is 17.1 Å². The van der Waals surface area contributed by atoms with Crippen LogP contribution in [0.5, 0.6) is 0 Å². The van der Waals surface area contributed by atoms with Gasteiger partial charge >= 0.3 is 0 Å². The van der Waals surface area contributed by atoms with Gasteiger partial charge in [-0.1, -0.05) is 111 Å². The molecule has 2 heteroatoms. The quantitative estimate of drug-likeness (QED) is 0.207. The highest BCUT2D eigenvalue weighted by atomic mass is 16.3. The Morgan fingerprint density at radius 1 is 0.444 bits per heavy atom. The molecule has 0 saturated carbocycles. The number of anilines is 3. The zero-order valence-electron chi connectivity index (χ0n) is 25.3. The van der Waals surface area contributed by atoms with Gasteiger partial charge in [-0.05, 0) is 98.8 Å². The Bertz CT molecular complexity index is 2400. The zero-order valence-corrected chi connectivity index (χ0v) is 25.3. The number of para-hydroxylation sites is 2. The molecule has 0 N–H and O–H groups in total. The molecule has 0 fully saturated rings. The standard InChI is InChI=1S/C43H31NO/c1-43(2)39-17-8-6-14-34(39)37-26-32(23-24-40(37)43)44(30-12-4-3-5-13-30)31-21-19-28(20-22-31)33-16-10-11-29-25-38-35-15-7-9-18-41(35)45-42(38)27-36(29)33/h3-27H,1-2H3. The van der Waals surface area contributed by atoms with Crippen molar-refractivity contribution in [2.45, 2.75) is 19.3 Å². The molecule has 0 spiro atoms. The van der Waals surface area contributed by atoms with E-state index in [1.165, 1.54) is 44.2 Å². The molecule has 1 aliphatic rings. The molecule has 9 rings (SSSR count). The van der Waals surface area contributed by atoms with Crippen LogP contribution in [0, 0.1) is 0 Å². The maximum absolute atomic E-state index is 6.26. The third-order valence-electron chi connectivity index (χ3n) is 9.65. The molecule has 2 nitrogen and oxygen atoms in total. The van der Waals surface area contributed by atoms with E-state index < -0.39 is 0 Å². The third-order valence-corrected chi connectivity index (χ3v) is 9.65. The van der Waals surface area contributed by atoms with Crippen molar-refractivity contribution in [3.05, 3.63) is 163 Å². The largest absolute Gasteiger partial charge is 0.456 e. The maximum atomic E-state index is 6.26. The van der Waals surface area contributed by atoms with Crippen molar-refractivity contribution >= 4 is 49.8 Å². The maximum Gasteiger partial charge on any atom is 0.136 e. The van der Waals surface area contributed by atoms with Gasteiger partial charge in [0, 0.05) is 33.2 Å². The lowest BCUT2D eigenvalue weighted by Gasteiger charge is -2.27. The minimum atomic E-state index is -0.0178. The Morgan fingerprint density at radius 2 is 1.13 bits per heavy atom. The van der Waals surface area contributed by atoms with Crippen LogP contribution >= 0.6 is 0 Å². The molecule has 1 aromatic heterocycles. The second-order valence-corrected chi connectivity index (χ2v) is 12.6. The topological polar surface area (TPSA) is 16.4 Å². The smallest absolute Gasteiger partial charge is 0.136 e. The first-order chi connectivity index (χ1) is 22.1. The monoisotopic (exact) mass is 577 g/mol. The fraction of sp³-hybridized carbons (Fsp3) is 0.0698. The first kappa shape index (κ1) is 25.9. The summed E-state index contributed by atoms with van der Waals surface area (Å²) < 4.78 is 6.26. The summed E-state index contributed by atoms with van der Waals surface area (Å²) in [5, 5.41) is 4.72. The van der Waals surface area contributed by atoms with E-state index >= 15 is 0 Å². The highest BCUT2D eigenvalue weighted by Crippen LogP contribution is 2.50. The van der Waals surface area contributed by atoms with E-state index in [1.54, 1.807) is 0 Å². The van der Waals surface area contributed by atoms with Crippen LogP contribution in [0.2, 0.25) is 0 Å². The van der Waals surface area contributed by atoms with E-state index in [0.717, 1.165) is 39.0 Å². The molecule has 1 aliphatic carbocycles. The summed E-state index contributed by atoms with van der Waals surface area (Å²) in [6, 6.07) is 54.7. The van der Waals surface area contributed by atoms with Crippen LogP contribution in [0.15, 0.2) is 156 Å².